The lowest BCUT2D eigenvalue weighted by molar-refractivity contribution is -0.397. The van der Waals surface area contributed by atoms with Gasteiger partial charge in [0.25, 0.3) is 0 Å². The monoisotopic (exact) mass is 396 g/mol. The standard InChI is InChI=1S/C16H28O11/c1-2-3-4-15(24)11(21)9(6-18)25-14(13(15)23)27-16(7-19)12(22)10(20)8(5-17)26-16/h2,8-14,17-24H,1,3-7H2. The first kappa shape index (κ1) is 22.6. The number of aliphatic hydroxyl groups is 8. The van der Waals surface area contributed by atoms with Gasteiger partial charge in [-0.25, -0.2) is 0 Å². The summed E-state index contributed by atoms with van der Waals surface area (Å²) in [6.07, 6.45) is -9.76. The Morgan fingerprint density at radius 3 is 2.07 bits per heavy atom. The van der Waals surface area contributed by atoms with Crippen LogP contribution in [0, 0.1) is 0 Å². The Hall–Kier alpha value is -0.700. The zero-order valence-electron chi connectivity index (χ0n) is 14.7. The number of rotatable bonds is 8. The van der Waals surface area contributed by atoms with Gasteiger partial charge in [0.15, 0.2) is 6.29 Å². The average Bonchev–Trinajstić information content (AvgIpc) is 2.92. The van der Waals surface area contributed by atoms with Gasteiger partial charge in [-0.1, -0.05) is 6.08 Å². The van der Waals surface area contributed by atoms with Crippen molar-refractivity contribution in [2.45, 2.75) is 67.1 Å². The molecule has 2 heterocycles. The molecule has 2 aliphatic heterocycles. The molecule has 2 saturated heterocycles. The summed E-state index contributed by atoms with van der Waals surface area (Å²) in [5, 5.41) is 80.0. The van der Waals surface area contributed by atoms with E-state index >= 15 is 0 Å². The van der Waals surface area contributed by atoms with Gasteiger partial charge in [-0.15, -0.1) is 6.58 Å². The molecule has 9 atom stereocenters. The molecule has 0 amide bonds. The predicted octanol–water partition coefficient (Wildman–Crippen LogP) is -4.06. The van der Waals surface area contributed by atoms with Gasteiger partial charge in [0.05, 0.1) is 13.2 Å². The van der Waals surface area contributed by atoms with Crippen molar-refractivity contribution in [2.75, 3.05) is 19.8 Å². The van der Waals surface area contributed by atoms with Gasteiger partial charge in [-0.3, -0.25) is 0 Å². The molecule has 0 saturated carbocycles. The summed E-state index contributed by atoms with van der Waals surface area (Å²) in [6, 6.07) is 0. The molecular weight excluding hydrogens is 368 g/mol. The van der Waals surface area contributed by atoms with E-state index in [9.17, 15) is 40.9 Å². The molecule has 2 rings (SSSR count). The Kier molecular flexibility index (Phi) is 7.33. The van der Waals surface area contributed by atoms with Crippen LogP contribution in [0.2, 0.25) is 0 Å². The molecule has 2 fully saturated rings. The smallest absolute Gasteiger partial charge is 0.224 e. The second-order valence-corrected chi connectivity index (χ2v) is 6.80. The molecule has 0 radical (unpaired) electrons. The SMILES string of the molecule is C=CCCC1(O)C(O)C(CO)OC(OC2(CO)OC(CO)C(O)C2O)C1O. The quantitative estimate of drug-likeness (QED) is 0.186. The molecular formula is C16H28O11. The van der Waals surface area contributed by atoms with Crippen LogP contribution < -0.4 is 0 Å². The first-order chi connectivity index (χ1) is 12.7. The van der Waals surface area contributed by atoms with E-state index in [0.29, 0.717) is 0 Å². The highest BCUT2D eigenvalue weighted by molar-refractivity contribution is 5.04. The second kappa shape index (κ2) is 8.76. The van der Waals surface area contributed by atoms with E-state index in [-0.39, 0.29) is 12.8 Å². The summed E-state index contributed by atoms with van der Waals surface area (Å²) >= 11 is 0. The van der Waals surface area contributed by atoms with E-state index < -0.39 is 74.1 Å². The molecule has 0 aromatic rings. The van der Waals surface area contributed by atoms with Crippen LogP contribution in [0.25, 0.3) is 0 Å². The predicted molar refractivity (Wildman–Crippen MR) is 87.0 cm³/mol. The highest BCUT2D eigenvalue weighted by Crippen LogP contribution is 2.39. The Balaban J connectivity index is 2.29. The Morgan fingerprint density at radius 2 is 1.59 bits per heavy atom. The molecule has 0 bridgehead atoms. The topological polar surface area (TPSA) is 190 Å². The van der Waals surface area contributed by atoms with Crippen LogP contribution in [-0.2, 0) is 14.2 Å². The van der Waals surface area contributed by atoms with Crippen LogP contribution in [-0.4, -0.2) is 115 Å². The molecule has 11 heteroatoms. The lowest BCUT2D eigenvalue weighted by Crippen LogP contribution is -2.69. The van der Waals surface area contributed by atoms with Crippen LogP contribution in [0.4, 0.5) is 0 Å². The van der Waals surface area contributed by atoms with Gasteiger partial charge in [0, 0.05) is 0 Å². The van der Waals surface area contributed by atoms with Crippen molar-refractivity contribution in [1.29, 1.82) is 0 Å². The normalized spacial score (nSPS) is 47.9. The summed E-state index contributed by atoms with van der Waals surface area (Å²) < 4.78 is 15.9. The lowest BCUT2D eigenvalue weighted by atomic mass is 9.80. The molecule has 0 spiro atoms. The molecule has 0 aromatic heterocycles. The number of ether oxygens (including phenoxy) is 3. The zero-order chi connectivity index (χ0) is 20.4. The van der Waals surface area contributed by atoms with Gasteiger partial charge >= 0.3 is 0 Å². The third kappa shape index (κ3) is 3.91. The summed E-state index contributed by atoms with van der Waals surface area (Å²) in [5.74, 6) is -2.26. The first-order valence-electron chi connectivity index (χ1n) is 8.60. The lowest BCUT2D eigenvalue weighted by Gasteiger charge is -2.49. The number of hydrogen-bond donors (Lipinski definition) is 8. The van der Waals surface area contributed by atoms with Crippen molar-refractivity contribution in [3.63, 3.8) is 0 Å². The van der Waals surface area contributed by atoms with Crippen molar-refractivity contribution in [1.82, 2.24) is 0 Å². The third-order valence-electron chi connectivity index (χ3n) is 5.09. The highest BCUT2D eigenvalue weighted by atomic mass is 16.8. The van der Waals surface area contributed by atoms with Crippen LogP contribution in [0.3, 0.4) is 0 Å². The Morgan fingerprint density at radius 1 is 0.963 bits per heavy atom. The number of allylic oxidation sites excluding steroid dienone is 1. The van der Waals surface area contributed by atoms with Gasteiger partial charge in [-0.05, 0) is 12.8 Å². The fraction of sp³-hybridized carbons (Fsp3) is 0.875. The number of aliphatic hydroxyl groups excluding tert-OH is 7. The van der Waals surface area contributed by atoms with Crippen molar-refractivity contribution >= 4 is 0 Å². The Labute approximate surface area is 155 Å². The highest BCUT2D eigenvalue weighted by Gasteiger charge is 2.61. The Bertz CT molecular complexity index is 505. The summed E-state index contributed by atoms with van der Waals surface area (Å²) in [6.45, 7) is 1.12. The summed E-state index contributed by atoms with van der Waals surface area (Å²) in [5.41, 5.74) is -2.15. The maximum absolute atomic E-state index is 10.8. The molecule has 0 aliphatic carbocycles. The van der Waals surface area contributed by atoms with Crippen molar-refractivity contribution in [3.8, 4) is 0 Å². The molecule has 8 N–H and O–H groups in total. The van der Waals surface area contributed by atoms with E-state index in [1.807, 2.05) is 0 Å². The molecule has 158 valence electrons. The van der Waals surface area contributed by atoms with Crippen LogP contribution >= 0.6 is 0 Å². The minimum atomic E-state index is -2.26. The van der Waals surface area contributed by atoms with Gasteiger partial charge in [-0.2, -0.15) is 0 Å². The first-order valence-corrected chi connectivity index (χ1v) is 8.60. The minimum Gasteiger partial charge on any atom is -0.394 e. The molecule has 0 aromatic carbocycles. The van der Waals surface area contributed by atoms with Crippen molar-refractivity contribution in [3.05, 3.63) is 12.7 Å². The molecule has 27 heavy (non-hydrogen) atoms. The minimum absolute atomic E-state index is 0.143. The number of hydrogen-bond acceptors (Lipinski definition) is 11. The van der Waals surface area contributed by atoms with E-state index in [4.69, 9.17) is 14.2 Å². The van der Waals surface area contributed by atoms with Crippen LogP contribution in [0.1, 0.15) is 12.8 Å². The molecule has 11 nitrogen and oxygen atoms in total. The van der Waals surface area contributed by atoms with E-state index in [1.54, 1.807) is 0 Å². The summed E-state index contributed by atoms with van der Waals surface area (Å²) in [4.78, 5) is 0. The zero-order valence-corrected chi connectivity index (χ0v) is 14.7. The maximum Gasteiger partial charge on any atom is 0.224 e. The molecule has 9 unspecified atom stereocenters. The van der Waals surface area contributed by atoms with Crippen molar-refractivity contribution < 1.29 is 55.1 Å². The summed E-state index contributed by atoms with van der Waals surface area (Å²) in [7, 11) is 0. The van der Waals surface area contributed by atoms with Crippen LogP contribution in [0.5, 0.6) is 0 Å². The largest absolute Gasteiger partial charge is 0.394 e. The average molecular weight is 396 g/mol. The van der Waals surface area contributed by atoms with Crippen molar-refractivity contribution in [2.24, 2.45) is 0 Å². The third-order valence-corrected chi connectivity index (χ3v) is 5.09. The maximum atomic E-state index is 10.8. The van der Waals surface area contributed by atoms with Gasteiger partial charge < -0.3 is 55.1 Å². The molecule has 2 aliphatic rings. The fourth-order valence-corrected chi connectivity index (χ4v) is 3.38. The van der Waals surface area contributed by atoms with E-state index in [0.717, 1.165) is 0 Å². The fourth-order valence-electron chi connectivity index (χ4n) is 3.38. The van der Waals surface area contributed by atoms with Crippen LogP contribution in [0.15, 0.2) is 12.7 Å². The van der Waals surface area contributed by atoms with Gasteiger partial charge in [0.1, 0.15) is 48.8 Å². The van der Waals surface area contributed by atoms with E-state index in [1.165, 1.54) is 6.08 Å². The van der Waals surface area contributed by atoms with E-state index in [2.05, 4.69) is 6.58 Å². The second-order valence-electron chi connectivity index (χ2n) is 6.80. The van der Waals surface area contributed by atoms with Gasteiger partial charge in [0.2, 0.25) is 5.79 Å².